The number of hydrogen-bond donors (Lipinski definition) is 0. The number of carbonyl (C=O) groups excluding carboxylic acids is 2. The van der Waals surface area contributed by atoms with Gasteiger partial charge in [-0.3, -0.25) is 9.59 Å². The number of fused-ring (bicyclic) bond motifs is 2. The summed E-state index contributed by atoms with van der Waals surface area (Å²) < 4.78 is 12.6. The standard InChI is InChI=1S/C49H59N4O4/c1-7-56-44(54)28-17-11-19-30-52-34-38(36-22-13-9-14-23-36)32-40-46(52)50-42(48(40,3)4)26-21-27-43-49(5,6)41-33-39(37-24-15-10-16-25-37)35-53(47(41)51-43)31-20-12-18-29-45(55)57-8-2/h9-10,13-16,21-27,32-35H,7-8,11-12,17-20,28-31H2,1-6H3/q+1. The molecule has 2 aromatic carbocycles. The van der Waals surface area contributed by atoms with Crippen molar-refractivity contribution in [2.24, 2.45) is 15.4 Å². The summed E-state index contributed by atoms with van der Waals surface area (Å²) in [6.45, 7) is 15.2. The Bertz CT molecular complexity index is 2100. The molecule has 0 fully saturated rings. The van der Waals surface area contributed by atoms with E-state index in [-0.39, 0.29) is 22.8 Å². The topological polar surface area (TPSA) is 84.4 Å². The van der Waals surface area contributed by atoms with Crippen LogP contribution in [-0.2, 0) is 31.0 Å². The zero-order valence-electron chi connectivity index (χ0n) is 34.7. The summed E-state index contributed by atoms with van der Waals surface area (Å²) >= 11 is 0. The molecule has 0 unspecified atom stereocenters. The van der Waals surface area contributed by atoms with E-state index in [0.717, 1.165) is 74.7 Å². The normalized spacial score (nSPS) is 17.2. The second-order valence-electron chi connectivity index (χ2n) is 16.1. The van der Waals surface area contributed by atoms with Crippen LogP contribution in [0.4, 0.5) is 5.82 Å². The van der Waals surface area contributed by atoms with Crippen molar-refractivity contribution in [1.29, 1.82) is 0 Å². The molecule has 3 aliphatic rings. The van der Waals surface area contributed by atoms with Crippen LogP contribution in [0.5, 0.6) is 0 Å². The molecule has 0 radical (unpaired) electrons. The van der Waals surface area contributed by atoms with E-state index >= 15 is 0 Å². The number of hydrogen-bond acceptors (Lipinski definition) is 7. The van der Waals surface area contributed by atoms with Crippen LogP contribution in [0.25, 0.3) is 16.7 Å². The van der Waals surface area contributed by atoms with Crippen LogP contribution in [0.3, 0.4) is 0 Å². The molecule has 6 rings (SSSR count). The summed E-state index contributed by atoms with van der Waals surface area (Å²) in [4.78, 5) is 36.7. The van der Waals surface area contributed by atoms with E-state index in [0.29, 0.717) is 26.1 Å². The molecule has 0 atom stereocenters. The van der Waals surface area contributed by atoms with Gasteiger partial charge in [0.05, 0.1) is 42.6 Å². The molecule has 4 heterocycles. The molecule has 0 N–H and O–H groups in total. The SMILES string of the molecule is CCOC(=O)CCCCCN1C=C(c2ccccc2)C=C2C1=NC(=CC=CC1=Nc3c(cc(-c4ccccc4)c[n+]3CCCCCC(=O)OCC)C1(C)C)C2(C)C. The van der Waals surface area contributed by atoms with Crippen molar-refractivity contribution in [3.63, 3.8) is 0 Å². The molecular formula is C49H59N4O4+. The number of pyridine rings is 1. The number of aryl methyl sites for hydroxylation is 1. The highest BCUT2D eigenvalue weighted by Crippen LogP contribution is 2.46. The maximum absolute atomic E-state index is 11.9. The predicted octanol–water partition coefficient (Wildman–Crippen LogP) is 10.4. The maximum Gasteiger partial charge on any atom is 0.327 e. The molecule has 0 spiro atoms. The van der Waals surface area contributed by atoms with Crippen molar-refractivity contribution >= 4 is 34.9 Å². The van der Waals surface area contributed by atoms with E-state index in [9.17, 15) is 9.59 Å². The minimum absolute atomic E-state index is 0.122. The molecule has 57 heavy (non-hydrogen) atoms. The third-order valence-electron chi connectivity index (χ3n) is 11.2. The average Bonchev–Trinajstić information content (AvgIpc) is 3.62. The lowest BCUT2D eigenvalue weighted by Gasteiger charge is -2.31. The van der Waals surface area contributed by atoms with Gasteiger partial charge in [0.2, 0.25) is 0 Å². The summed E-state index contributed by atoms with van der Waals surface area (Å²) in [6.07, 6.45) is 19.5. The molecule has 8 nitrogen and oxygen atoms in total. The summed E-state index contributed by atoms with van der Waals surface area (Å²) in [5, 5.41) is 0. The summed E-state index contributed by atoms with van der Waals surface area (Å²) in [5.41, 5.74) is 8.49. The van der Waals surface area contributed by atoms with E-state index in [1.54, 1.807) is 0 Å². The van der Waals surface area contributed by atoms with Crippen LogP contribution in [0.2, 0.25) is 0 Å². The predicted molar refractivity (Wildman–Crippen MR) is 230 cm³/mol. The first kappa shape index (κ1) is 41.3. The van der Waals surface area contributed by atoms with Crippen LogP contribution in [0.1, 0.15) is 104 Å². The van der Waals surface area contributed by atoms with Crippen LogP contribution >= 0.6 is 0 Å². The van der Waals surface area contributed by atoms with Gasteiger partial charge in [-0.25, -0.2) is 9.56 Å². The number of unbranched alkanes of at least 4 members (excludes halogenated alkanes) is 4. The van der Waals surface area contributed by atoms with Gasteiger partial charge in [-0.15, -0.1) is 0 Å². The van der Waals surface area contributed by atoms with Crippen molar-refractivity contribution in [2.45, 2.75) is 105 Å². The number of amidine groups is 1. The smallest absolute Gasteiger partial charge is 0.327 e. The first-order valence-electron chi connectivity index (χ1n) is 20.8. The largest absolute Gasteiger partial charge is 0.466 e. The second-order valence-corrected chi connectivity index (χ2v) is 16.1. The molecule has 3 aromatic rings. The number of allylic oxidation sites excluding steroid dienone is 6. The molecule has 3 aliphatic heterocycles. The first-order valence-corrected chi connectivity index (χ1v) is 20.8. The number of nitrogens with zero attached hydrogens (tertiary/aromatic N) is 4. The number of esters is 2. The fourth-order valence-corrected chi connectivity index (χ4v) is 7.80. The van der Waals surface area contributed by atoms with Crippen LogP contribution in [-0.4, -0.2) is 48.1 Å². The summed E-state index contributed by atoms with van der Waals surface area (Å²) in [6, 6.07) is 23.4. The van der Waals surface area contributed by atoms with E-state index in [2.05, 4.69) is 128 Å². The number of carbonyl (C=O) groups is 2. The van der Waals surface area contributed by atoms with Crippen molar-refractivity contribution in [3.05, 3.63) is 126 Å². The molecule has 0 saturated heterocycles. The van der Waals surface area contributed by atoms with Gasteiger partial charge in [0.15, 0.2) is 5.71 Å². The highest BCUT2D eigenvalue weighted by molar-refractivity contribution is 6.09. The van der Waals surface area contributed by atoms with Gasteiger partial charge in [-0.2, -0.15) is 0 Å². The van der Waals surface area contributed by atoms with Gasteiger partial charge in [-0.1, -0.05) is 87.0 Å². The Labute approximate surface area is 339 Å². The first-order chi connectivity index (χ1) is 27.5. The van der Waals surface area contributed by atoms with E-state index < -0.39 is 0 Å². The molecular weight excluding hydrogens is 709 g/mol. The third kappa shape index (κ3) is 9.78. The Morgan fingerprint density at radius 1 is 0.754 bits per heavy atom. The molecule has 0 saturated carbocycles. The van der Waals surface area contributed by atoms with Crippen molar-refractivity contribution in [3.8, 4) is 11.1 Å². The molecule has 0 amide bonds. The third-order valence-corrected chi connectivity index (χ3v) is 11.2. The molecule has 0 aliphatic carbocycles. The van der Waals surface area contributed by atoms with E-state index in [1.807, 2.05) is 26.0 Å². The molecule has 298 valence electrons. The van der Waals surface area contributed by atoms with Crippen LogP contribution in [0.15, 0.2) is 125 Å². The maximum atomic E-state index is 11.9. The van der Waals surface area contributed by atoms with Crippen molar-refractivity contribution in [1.82, 2.24) is 4.90 Å². The number of benzene rings is 2. The van der Waals surface area contributed by atoms with Crippen LogP contribution in [0, 0.1) is 5.41 Å². The lowest BCUT2D eigenvalue weighted by atomic mass is 9.79. The highest BCUT2D eigenvalue weighted by Gasteiger charge is 2.43. The second kappa shape index (κ2) is 18.7. The minimum Gasteiger partial charge on any atom is -0.466 e. The summed E-state index contributed by atoms with van der Waals surface area (Å²) in [5.74, 6) is 1.74. The van der Waals surface area contributed by atoms with Gasteiger partial charge in [0.1, 0.15) is 5.84 Å². The van der Waals surface area contributed by atoms with Crippen LogP contribution < -0.4 is 4.57 Å². The number of aromatic nitrogens is 1. The van der Waals surface area contributed by atoms with Gasteiger partial charge < -0.3 is 14.4 Å². The lowest BCUT2D eigenvalue weighted by molar-refractivity contribution is -0.684. The fraction of sp³-hybridized carbons (Fsp3) is 0.408. The Morgan fingerprint density at radius 2 is 1.39 bits per heavy atom. The van der Waals surface area contributed by atoms with E-state index in [4.69, 9.17) is 19.5 Å². The molecule has 8 heteroatoms. The molecule has 1 aromatic heterocycles. The minimum atomic E-state index is -0.313. The van der Waals surface area contributed by atoms with Crippen molar-refractivity contribution in [2.75, 3.05) is 19.8 Å². The monoisotopic (exact) mass is 767 g/mol. The zero-order chi connectivity index (χ0) is 40.4. The number of rotatable bonds is 18. The van der Waals surface area contributed by atoms with Gasteiger partial charge in [0.25, 0.3) is 0 Å². The fourth-order valence-electron chi connectivity index (χ4n) is 7.80. The number of ether oxygens (including phenoxy) is 2. The average molecular weight is 768 g/mol. The quantitative estimate of drug-likeness (QED) is 0.0731. The Kier molecular flexibility index (Phi) is 13.6. The van der Waals surface area contributed by atoms with Gasteiger partial charge in [0, 0.05) is 42.1 Å². The van der Waals surface area contributed by atoms with Gasteiger partial charge >= 0.3 is 17.8 Å². The summed E-state index contributed by atoms with van der Waals surface area (Å²) in [7, 11) is 0. The molecule has 0 bridgehead atoms. The van der Waals surface area contributed by atoms with Gasteiger partial charge in [-0.05, 0) is 106 Å². The highest BCUT2D eigenvalue weighted by atomic mass is 16.5. The Morgan fingerprint density at radius 3 is 2.04 bits per heavy atom. The Balaban J connectivity index is 1.24. The number of aliphatic imine (C=N–C) groups is 2. The lowest BCUT2D eigenvalue weighted by Crippen LogP contribution is -2.35. The van der Waals surface area contributed by atoms with Crippen molar-refractivity contribution < 1.29 is 23.6 Å². The zero-order valence-corrected chi connectivity index (χ0v) is 34.7. The Hall–Kier alpha value is -5.37. The van der Waals surface area contributed by atoms with E-state index in [1.165, 1.54) is 33.4 Å².